The van der Waals surface area contributed by atoms with Crippen molar-refractivity contribution in [2.45, 2.75) is 84.2 Å². The number of amides is 1. The van der Waals surface area contributed by atoms with E-state index >= 15 is 0 Å². The van der Waals surface area contributed by atoms with Crippen LogP contribution in [0.25, 0.3) is 0 Å². The molecule has 2 aliphatic carbocycles. The van der Waals surface area contributed by atoms with Gasteiger partial charge in [0.05, 0.1) is 0 Å². The van der Waals surface area contributed by atoms with Crippen molar-refractivity contribution in [1.29, 1.82) is 0 Å². The third kappa shape index (κ3) is 4.47. The Balaban J connectivity index is 1.95. The number of hydrogen-bond acceptors (Lipinski definition) is 3. The number of carboxylic acid groups (broad SMARTS) is 1. The minimum atomic E-state index is -1.08. The maximum absolute atomic E-state index is 13.2. The Morgan fingerprint density at radius 1 is 1.14 bits per heavy atom. The van der Waals surface area contributed by atoms with Crippen LogP contribution in [0, 0.1) is 11.8 Å². The number of pyridine rings is 1. The summed E-state index contributed by atoms with van der Waals surface area (Å²) in [7, 11) is 0. The number of aryl methyl sites for hydroxylation is 1. The average molecular weight is 389 g/mol. The summed E-state index contributed by atoms with van der Waals surface area (Å²) in [6, 6.07) is 0.706. The van der Waals surface area contributed by atoms with Gasteiger partial charge < -0.3 is 15.0 Å². The maximum atomic E-state index is 13.2. The van der Waals surface area contributed by atoms with E-state index in [9.17, 15) is 19.5 Å². The molecule has 0 bridgehead atoms. The van der Waals surface area contributed by atoms with Crippen molar-refractivity contribution in [3.63, 3.8) is 0 Å². The number of carbonyl (C=O) groups excluding carboxylic acids is 1. The number of nitrogens with zero attached hydrogens (tertiary/aromatic N) is 1. The van der Waals surface area contributed by atoms with Gasteiger partial charge in [-0.3, -0.25) is 9.59 Å². The molecule has 0 aliphatic heterocycles. The van der Waals surface area contributed by atoms with Crippen LogP contribution in [0.3, 0.4) is 0 Å². The van der Waals surface area contributed by atoms with Crippen LogP contribution in [0.4, 0.5) is 0 Å². The number of fused-ring (bicyclic) bond motifs is 1. The Kier molecular flexibility index (Phi) is 6.57. The lowest BCUT2D eigenvalue weighted by atomic mass is 9.88. The summed E-state index contributed by atoms with van der Waals surface area (Å²) in [6.07, 6.45) is 9.80. The molecule has 1 saturated carbocycles. The monoisotopic (exact) mass is 388 g/mol. The molecule has 1 aromatic rings. The molecule has 1 heterocycles. The normalized spacial score (nSPS) is 18.5. The first-order valence-electron chi connectivity index (χ1n) is 10.7. The van der Waals surface area contributed by atoms with Crippen LogP contribution >= 0.6 is 0 Å². The van der Waals surface area contributed by atoms with Crippen LogP contribution in [0.5, 0.6) is 0 Å². The molecule has 28 heavy (non-hydrogen) atoms. The van der Waals surface area contributed by atoms with E-state index in [2.05, 4.69) is 5.32 Å². The van der Waals surface area contributed by atoms with Gasteiger partial charge in [0.1, 0.15) is 11.6 Å². The van der Waals surface area contributed by atoms with Crippen molar-refractivity contribution in [3.8, 4) is 0 Å². The number of hydrogen-bond donors (Lipinski definition) is 2. The summed E-state index contributed by atoms with van der Waals surface area (Å²) in [5.41, 5.74) is 1.97. The second kappa shape index (κ2) is 8.93. The molecule has 0 radical (unpaired) electrons. The van der Waals surface area contributed by atoms with E-state index < -0.39 is 17.9 Å². The molecule has 1 aromatic heterocycles. The minimum absolute atomic E-state index is 0.0864. The van der Waals surface area contributed by atoms with Crippen molar-refractivity contribution in [3.05, 3.63) is 33.2 Å². The van der Waals surface area contributed by atoms with Gasteiger partial charge in [-0.25, -0.2) is 4.79 Å². The molecule has 1 amide bonds. The summed E-state index contributed by atoms with van der Waals surface area (Å²) >= 11 is 0. The van der Waals surface area contributed by atoms with Gasteiger partial charge in [0.2, 0.25) is 0 Å². The summed E-state index contributed by atoms with van der Waals surface area (Å²) in [5.74, 6) is -1.43. The molecule has 1 fully saturated rings. The standard InChI is InChI=1S/C22H32N2O4/c1-14(2)19(22(27)28)23-20(25)17-12-16-10-6-7-11-18(16)24(21(17)26)13-15-8-4-3-5-9-15/h12,14-15,19H,3-11,13H2,1-2H3,(H,23,25)(H,27,28)/t19-/m1/s1. The summed E-state index contributed by atoms with van der Waals surface area (Å²) < 4.78 is 1.84. The predicted octanol–water partition coefficient (Wildman–Crippen LogP) is 3.15. The zero-order valence-electron chi connectivity index (χ0n) is 17.0. The largest absolute Gasteiger partial charge is 0.480 e. The minimum Gasteiger partial charge on any atom is -0.480 e. The van der Waals surface area contributed by atoms with Crippen LogP contribution in [0.15, 0.2) is 10.9 Å². The van der Waals surface area contributed by atoms with E-state index in [1.807, 2.05) is 4.57 Å². The Labute approximate surface area is 166 Å². The van der Waals surface area contributed by atoms with Gasteiger partial charge in [-0.2, -0.15) is 0 Å². The van der Waals surface area contributed by atoms with E-state index in [0.717, 1.165) is 49.8 Å². The molecule has 6 nitrogen and oxygen atoms in total. The number of carboxylic acids is 1. The zero-order chi connectivity index (χ0) is 20.3. The van der Waals surface area contributed by atoms with Gasteiger partial charge in [-0.15, -0.1) is 0 Å². The highest BCUT2D eigenvalue weighted by Crippen LogP contribution is 2.27. The van der Waals surface area contributed by atoms with Crippen molar-refractivity contribution >= 4 is 11.9 Å². The molecule has 0 spiro atoms. The van der Waals surface area contributed by atoms with E-state index in [4.69, 9.17) is 0 Å². The average Bonchev–Trinajstić information content (AvgIpc) is 2.68. The molecule has 1 atom stereocenters. The van der Waals surface area contributed by atoms with Crippen LogP contribution < -0.4 is 10.9 Å². The summed E-state index contributed by atoms with van der Waals surface area (Å²) in [4.78, 5) is 37.5. The predicted molar refractivity (Wildman–Crippen MR) is 108 cm³/mol. The van der Waals surface area contributed by atoms with Gasteiger partial charge in [0.15, 0.2) is 0 Å². The molecule has 3 rings (SSSR count). The highest BCUT2D eigenvalue weighted by molar-refractivity contribution is 5.96. The fourth-order valence-electron chi connectivity index (χ4n) is 4.60. The Bertz CT molecular complexity index is 790. The molecule has 2 aliphatic rings. The molecule has 2 N–H and O–H groups in total. The summed E-state index contributed by atoms with van der Waals surface area (Å²) in [5, 5.41) is 11.9. The van der Waals surface area contributed by atoms with Crippen LogP contribution in [-0.4, -0.2) is 27.6 Å². The first-order valence-corrected chi connectivity index (χ1v) is 10.7. The lowest BCUT2D eigenvalue weighted by Crippen LogP contribution is -2.46. The first-order chi connectivity index (χ1) is 13.4. The van der Waals surface area contributed by atoms with Crippen LogP contribution in [0.2, 0.25) is 0 Å². The fourth-order valence-corrected chi connectivity index (χ4v) is 4.60. The van der Waals surface area contributed by atoms with E-state index in [0.29, 0.717) is 12.5 Å². The van der Waals surface area contributed by atoms with E-state index in [-0.39, 0.29) is 17.0 Å². The number of rotatable bonds is 6. The Hall–Kier alpha value is -2.11. The van der Waals surface area contributed by atoms with Gasteiger partial charge >= 0.3 is 5.97 Å². The smallest absolute Gasteiger partial charge is 0.326 e. The topological polar surface area (TPSA) is 88.4 Å². The molecule has 154 valence electrons. The Morgan fingerprint density at radius 2 is 1.82 bits per heavy atom. The third-order valence-corrected chi connectivity index (χ3v) is 6.23. The Morgan fingerprint density at radius 3 is 2.46 bits per heavy atom. The molecule has 0 aromatic carbocycles. The van der Waals surface area contributed by atoms with Gasteiger partial charge in [0.25, 0.3) is 11.5 Å². The first kappa shape index (κ1) is 20.6. The van der Waals surface area contributed by atoms with Crippen molar-refractivity contribution in [1.82, 2.24) is 9.88 Å². The quantitative estimate of drug-likeness (QED) is 0.784. The second-order valence-corrected chi connectivity index (χ2v) is 8.69. The maximum Gasteiger partial charge on any atom is 0.326 e. The van der Waals surface area contributed by atoms with Crippen molar-refractivity contribution in [2.75, 3.05) is 0 Å². The zero-order valence-corrected chi connectivity index (χ0v) is 17.0. The van der Waals surface area contributed by atoms with Gasteiger partial charge in [-0.05, 0) is 62.0 Å². The highest BCUT2D eigenvalue weighted by atomic mass is 16.4. The number of aliphatic carboxylic acids is 1. The fraction of sp³-hybridized carbons (Fsp3) is 0.682. The summed E-state index contributed by atoms with van der Waals surface area (Å²) in [6.45, 7) is 4.16. The second-order valence-electron chi connectivity index (χ2n) is 8.69. The molecular weight excluding hydrogens is 356 g/mol. The van der Waals surface area contributed by atoms with Crippen LogP contribution in [0.1, 0.15) is 80.4 Å². The van der Waals surface area contributed by atoms with Gasteiger partial charge in [0, 0.05) is 12.2 Å². The third-order valence-electron chi connectivity index (χ3n) is 6.23. The SMILES string of the molecule is CC(C)[C@@H](NC(=O)c1cc2c(n(CC3CCCCC3)c1=O)CCCC2)C(=O)O. The molecular formula is C22H32N2O4. The number of aromatic nitrogens is 1. The van der Waals surface area contributed by atoms with E-state index in [1.165, 1.54) is 19.3 Å². The van der Waals surface area contributed by atoms with Crippen molar-refractivity contribution in [2.24, 2.45) is 11.8 Å². The molecule has 0 saturated heterocycles. The van der Waals surface area contributed by atoms with Crippen LogP contribution in [-0.2, 0) is 24.2 Å². The van der Waals surface area contributed by atoms with E-state index in [1.54, 1.807) is 19.9 Å². The number of nitrogens with one attached hydrogen (secondary N) is 1. The molecule has 0 unspecified atom stereocenters. The molecule has 6 heteroatoms. The number of carbonyl (C=O) groups is 2. The lowest BCUT2D eigenvalue weighted by molar-refractivity contribution is -0.140. The highest BCUT2D eigenvalue weighted by Gasteiger charge is 2.28. The van der Waals surface area contributed by atoms with Gasteiger partial charge in [-0.1, -0.05) is 33.1 Å². The lowest BCUT2D eigenvalue weighted by Gasteiger charge is -2.27. The van der Waals surface area contributed by atoms with Crippen molar-refractivity contribution < 1.29 is 14.7 Å².